The maximum Gasteiger partial charge on any atom is 0.246 e. The summed E-state index contributed by atoms with van der Waals surface area (Å²) in [6.07, 6.45) is 2.52. The van der Waals surface area contributed by atoms with Crippen molar-refractivity contribution in [2.75, 3.05) is 26.2 Å². The molecule has 0 bridgehead atoms. The van der Waals surface area contributed by atoms with Gasteiger partial charge in [-0.05, 0) is 95.1 Å². The molecule has 4 aliphatic rings. The Labute approximate surface area is 430 Å². The number of amides is 11. The first-order valence-corrected chi connectivity index (χ1v) is 25.8. The van der Waals surface area contributed by atoms with Gasteiger partial charge in [-0.1, -0.05) is 44.2 Å². The summed E-state index contributed by atoms with van der Waals surface area (Å²) in [6.45, 7) is 4.81. The van der Waals surface area contributed by atoms with Crippen LogP contribution < -0.4 is 49.1 Å². The first kappa shape index (κ1) is 57.9. The van der Waals surface area contributed by atoms with Crippen molar-refractivity contribution in [3.8, 4) is 0 Å². The molecule has 0 aromatic heterocycles. The lowest BCUT2D eigenvalue weighted by Gasteiger charge is -2.32. The molecule has 4 heterocycles. The quantitative estimate of drug-likeness (QED) is 0.0410. The number of likely N-dealkylation sites (tertiary alicyclic amines) is 3. The Morgan fingerprint density at radius 3 is 1.51 bits per heavy atom. The van der Waals surface area contributed by atoms with Crippen molar-refractivity contribution in [3.05, 3.63) is 35.9 Å². The number of hydrogen-bond donors (Lipinski definition) is 9. The molecule has 4 aliphatic heterocycles. The first-order valence-electron chi connectivity index (χ1n) is 25.8. The van der Waals surface area contributed by atoms with Crippen LogP contribution in [0.5, 0.6) is 0 Å². The summed E-state index contributed by atoms with van der Waals surface area (Å²) >= 11 is 0. The minimum absolute atomic E-state index is 0.0461. The average Bonchev–Trinajstić information content (AvgIpc) is 4.22. The van der Waals surface area contributed by atoms with Gasteiger partial charge in [0.1, 0.15) is 48.6 Å². The molecule has 24 nitrogen and oxygen atoms in total. The van der Waals surface area contributed by atoms with E-state index < -0.39 is 120 Å². The van der Waals surface area contributed by atoms with E-state index in [1.807, 2.05) is 13.8 Å². The topological polar surface area (TPSA) is 365 Å². The van der Waals surface area contributed by atoms with Crippen LogP contribution in [0.1, 0.15) is 116 Å². The van der Waals surface area contributed by atoms with Crippen molar-refractivity contribution in [2.24, 2.45) is 23.1 Å². The molecule has 0 aliphatic carbocycles. The number of nitrogens with two attached hydrogens (primary N) is 3. The third kappa shape index (κ3) is 16.5. The fraction of sp³-hybridized carbons (Fsp3) is 0.640. The van der Waals surface area contributed by atoms with E-state index in [4.69, 9.17) is 17.2 Å². The van der Waals surface area contributed by atoms with Crippen molar-refractivity contribution in [1.82, 2.24) is 46.6 Å². The van der Waals surface area contributed by atoms with E-state index >= 15 is 0 Å². The van der Waals surface area contributed by atoms with Crippen LogP contribution >= 0.6 is 0 Å². The molecular formula is C50H74N12O12. The zero-order chi connectivity index (χ0) is 54.1. The normalized spacial score (nSPS) is 21.4. The van der Waals surface area contributed by atoms with Crippen LogP contribution in [-0.2, 0) is 64.0 Å². The van der Waals surface area contributed by atoms with Gasteiger partial charge in [-0.25, -0.2) is 0 Å². The molecule has 9 atom stereocenters. The van der Waals surface area contributed by atoms with Gasteiger partial charge in [0.25, 0.3) is 0 Å². The van der Waals surface area contributed by atoms with E-state index in [-0.39, 0.29) is 82.7 Å². The van der Waals surface area contributed by atoms with E-state index in [0.717, 1.165) is 12.0 Å². The molecule has 5 rings (SSSR count). The zero-order valence-corrected chi connectivity index (χ0v) is 42.4. The van der Waals surface area contributed by atoms with Gasteiger partial charge in [0.15, 0.2) is 0 Å². The largest absolute Gasteiger partial charge is 0.370 e. The Morgan fingerprint density at radius 2 is 1.03 bits per heavy atom. The molecule has 4 saturated heterocycles. The standard InChI is InChI=1S/C50H74N12O12/c1-29(2)26-36(58-43(67)32-13-6-22-54-32)45(69)57-35(18-21-42(53)66)49(73)61-24-8-14-38(61)46(70)55-33(16-19-40(51)64)44(68)56-34(17-20-41(52)65)48(72)62-25-9-15-39(62)47(71)59-37(27-30-10-4-3-5-11-30)50(74)60-23-7-12-31(60)28-63/h3-5,10-11,28-29,31-39,54H,6-9,12-27H2,1-2H3,(H2,51,64)(H2,52,65)(H2,53,66)(H,55,70)(H,56,68)(H,57,69)(H,58,67)(H,59,71)/t31-,32-,33-,34-,35-,36-,37-,38-,39-/m0/s1. The van der Waals surface area contributed by atoms with E-state index in [9.17, 15) is 57.5 Å². The van der Waals surface area contributed by atoms with E-state index in [1.54, 1.807) is 30.3 Å². The predicted molar refractivity (Wildman–Crippen MR) is 266 cm³/mol. The summed E-state index contributed by atoms with van der Waals surface area (Å²) in [4.78, 5) is 164. The molecule has 12 N–H and O–H groups in total. The van der Waals surface area contributed by atoms with E-state index in [0.29, 0.717) is 51.5 Å². The van der Waals surface area contributed by atoms with Gasteiger partial charge in [0, 0.05) is 45.3 Å². The van der Waals surface area contributed by atoms with Crippen molar-refractivity contribution >= 4 is 71.3 Å². The van der Waals surface area contributed by atoms with Crippen molar-refractivity contribution < 1.29 is 57.5 Å². The number of benzene rings is 1. The number of nitrogens with one attached hydrogen (secondary N) is 6. The van der Waals surface area contributed by atoms with Gasteiger partial charge < -0.3 is 68.6 Å². The smallest absolute Gasteiger partial charge is 0.246 e. The van der Waals surface area contributed by atoms with Crippen LogP contribution in [0.15, 0.2) is 30.3 Å². The second-order valence-electron chi connectivity index (χ2n) is 20.0. The van der Waals surface area contributed by atoms with E-state index in [2.05, 4.69) is 31.9 Å². The highest BCUT2D eigenvalue weighted by atomic mass is 16.2. The Kier molecular flexibility index (Phi) is 21.8. The van der Waals surface area contributed by atoms with Crippen molar-refractivity contribution in [3.63, 3.8) is 0 Å². The SMILES string of the molecule is CC(C)C[C@H](NC(=O)[C@@H]1CCCN1)C(=O)N[C@@H](CCC(N)=O)C(=O)N1CCC[C@H]1C(=O)N[C@@H](CCC(N)=O)C(=O)N[C@@H](CCC(N)=O)C(=O)N1CCC[C@H]1C(=O)N[C@@H](Cc1ccccc1)C(=O)N1CCC[C@H]1C=O. The summed E-state index contributed by atoms with van der Waals surface area (Å²) in [7, 11) is 0. The Bertz CT molecular complexity index is 2230. The van der Waals surface area contributed by atoms with E-state index in [1.165, 1.54) is 14.7 Å². The summed E-state index contributed by atoms with van der Waals surface area (Å²) in [6, 6.07) is -0.954. The first-order chi connectivity index (χ1) is 35.3. The van der Waals surface area contributed by atoms with Crippen molar-refractivity contribution in [1.29, 1.82) is 0 Å². The summed E-state index contributed by atoms with van der Waals surface area (Å²) < 4.78 is 0. The number of hydrogen-bond acceptors (Lipinski definition) is 13. The minimum Gasteiger partial charge on any atom is -0.370 e. The number of rotatable bonds is 27. The van der Waals surface area contributed by atoms with Gasteiger partial charge in [-0.15, -0.1) is 0 Å². The lowest BCUT2D eigenvalue weighted by Crippen LogP contribution is -2.60. The summed E-state index contributed by atoms with van der Waals surface area (Å²) in [5.74, 6) is -7.83. The third-order valence-corrected chi connectivity index (χ3v) is 13.9. The molecule has 0 saturated carbocycles. The third-order valence-electron chi connectivity index (χ3n) is 13.9. The van der Waals surface area contributed by atoms with Gasteiger partial charge in [0.05, 0.1) is 12.1 Å². The second-order valence-corrected chi connectivity index (χ2v) is 20.0. The lowest BCUT2D eigenvalue weighted by atomic mass is 10.0. The second kappa shape index (κ2) is 27.9. The van der Waals surface area contributed by atoms with Crippen molar-refractivity contribution in [2.45, 2.75) is 171 Å². The number of aldehydes is 1. The Hall–Kier alpha value is -6.98. The minimum atomic E-state index is -1.53. The number of nitrogens with zero attached hydrogens (tertiary/aromatic N) is 3. The molecule has 4 fully saturated rings. The molecule has 0 spiro atoms. The maximum atomic E-state index is 14.5. The van der Waals surface area contributed by atoms with Gasteiger partial charge in [-0.3, -0.25) is 52.7 Å². The lowest BCUT2D eigenvalue weighted by molar-refractivity contribution is -0.144. The van der Waals surface area contributed by atoms with Gasteiger partial charge >= 0.3 is 0 Å². The Balaban J connectivity index is 1.31. The summed E-state index contributed by atoms with van der Waals surface area (Å²) in [5, 5.41) is 16.6. The molecule has 1 aromatic rings. The molecule has 1 aromatic carbocycles. The number of carbonyl (C=O) groups is 12. The fourth-order valence-corrected chi connectivity index (χ4v) is 10.1. The highest BCUT2D eigenvalue weighted by Gasteiger charge is 2.43. The molecular weight excluding hydrogens is 961 g/mol. The Morgan fingerprint density at radius 1 is 0.568 bits per heavy atom. The fourth-order valence-electron chi connectivity index (χ4n) is 10.1. The van der Waals surface area contributed by atoms with Crippen LogP contribution in [0.4, 0.5) is 0 Å². The van der Waals surface area contributed by atoms with Crippen LogP contribution in [0.3, 0.4) is 0 Å². The molecule has 11 amide bonds. The zero-order valence-electron chi connectivity index (χ0n) is 42.4. The predicted octanol–water partition coefficient (Wildman–Crippen LogP) is -2.58. The highest BCUT2D eigenvalue weighted by Crippen LogP contribution is 2.24. The molecule has 406 valence electrons. The number of primary amides is 3. The molecule has 74 heavy (non-hydrogen) atoms. The highest BCUT2D eigenvalue weighted by molar-refractivity contribution is 5.99. The molecule has 0 unspecified atom stereocenters. The van der Waals surface area contributed by atoms with Crippen LogP contribution in [-0.4, -0.2) is 167 Å². The van der Waals surface area contributed by atoms with Crippen LogP contribution in [0.2, 0.25) is 0 Å². The molecule has 24 heteroatoms. The average molecular weight is 1040 g/mol. The maximum absolute atomic E-state index is 14.5. The van der Waals surface area contributed by atoms with Crippen LogP contribution in [0, 0.1) is 5.92 Å². The number of carbonyl (C=O) groups excluding carboxylic acids is 12. The van der Waals surface area contributed by atoms with Crippen LogP contribution in [0.25, 0.3) is 0 Å². The molecule has 0 radical (unpaired) electrons. The van der Waals surface area contributed by atoms with Gasteiger partial charge in [-0.2, -0.15) is 0 Å². The summed E-state index contributed by atoms with van der Waals surface area (Å²) in [5.41, 5.74) is 17.1. The van der Waals surface area contributed by atoms with Gasteiger partial charge in [0.2, 0.25) is 65.0 Å². The monoisotopic (exact) mass is 1030 g/mol.